The molecule has 2 aromatic carbocycles. The van der Waals surface area contributed by atoms with E-state index in [0.717, 1.165) is 11.1 Å². The SMILES string of the molecule is Cc1ccc(C(=O)CSc2ccccc2[N+](=O)[O-])c(C)c1. The highest BCUT2D eigenvalue weighted by atomic mass is 32.2. The van der Waals surface area contributed by atoms with Crippen molar-refractivity contribution >= 4 is 23.2 Å². The second-order valence-electron chi connectivity index (χ2n) is 4.76. The van der Waals surface area contributed by atoms with Crippen molar-refractivity contribution in [3.8, 4) is 0 Å². The molecule has 0 heterocycles. The lowest BCUT2D eigenvalue weighted by Gasteiger charge is -2.06. The van der Waals surface area contributed by atoms with E-state index in [-0.39, 0.29) is 17.2 Å². The summed E-state index contributed by atoms with van der Waals surface area (Å²) in [6, 6.07) is 12.1. The highest BCUT2D eigenvalue weighted by molar-refractivity contribution is 8.00. The Bertz CT molecular complexity index is 698. The van der Waals surface area contributed by atoms with Gasteiger partial charge in [-0.3, -0.25) is 14.9 Å². The zero-order valence-electron chi connectivity index (χ0n) is 11.8. The molecule has 0 amide bonds. The molecule has 2 rings (SSSR count). The number of benzene rings is 2. The number of nitro benzene ring substituents is 1. The molecule has 0 spiro atoms. The topological polar surface area (TPSA) is 60.2 Å². The highest BCUT2D eigenvalue weighted by Gasteiger charge is 2.15. The minimum atomic E-state index is -0.427. The second kappa shape index (κ2) is 6.54. The van der Waals surface area contributed by atoms with Gasteiger partial charge >= 0.3 is 0 Å². The summed E-state index contributed by atoms with van der Waals surface area (Å²) in [6.07, 6.45) is 0. The van der Waals surface area contributed by atoms with Crippen LogP contribution in [0.2, 0.25) is 0 Å². The molecule has 108 valence electrons. The second-order valence-corrected chi connectivity index (χ2v) is 5.77. The number of aryl methyl sites for hydroxylation is 2. The molecule has 21 heavy (non-hydrogen) atoms. The Morgan fingerprint density at radius 3 is 2.57 bits per heavy atom. The molecule has 0 aromatic heterocycles. The van der Waals surface area contributed by atoms with Crippen LogP contribution in [-0.2, 0) is 0 Å². The Balaban J connectivity index is 2.13. The summed E-state index contributed by atoms with van der Waals surface area (Å²) in [7, 11) is 0. The van der Waals surface area contributed by atoms with Crippen LogP contribution in [0.5, 0.6) is 0 Å². The predicted molar refractivity (Wildman–Crippen MR) is 84.1 cm³/mol. The molecule has 0 saturated carbocycles. The van der Waals surface area contributed by atoms with Gasteiger partial charge in [-0.2, -0.15) is 0 Å². The van der Waals surface area contributed by atoms with E-state index in [0.29, 0.717) is 10.5 Å². The maximum absolute atomic E-state index is 12.2. The van der Waals surface area contributed by atoms with Gasteiger partial charge in [0.15, 0.2) is 5.78 Å². The Kier molecular flexibility index (Phi) is 4.75. The van der Waals surface area contributed by atoms with Crippen LogP contribution in [0, 0.1) is 24.0 Å². The first kappa shape index (κ1) is 15.3. The Labute approximate surface area is 127 Å². The van der Waals surface area contributed by atoms with Crippen LogP contribution in [0.1, 0.15) is 21.5 Å². The Morgan fingerprint density at radius 2 is 1.90 bits per heavy atom. The van der Waals surface area contributed by atoms with Crippen LogP contribution in [0.3, 0.4) is 0 Å². The molecule has 0 atom stereocenters. The van der Waals surface area contributed by atoms with Crippen molar-refractivity contribution in [1.82, 2.24) is 0 Å². The molecule has 0 aliphatic carbocycles. The van der Waals surface area contributed by atoms with Crippen LogP contribution in [-0.4, -0.2) is 16.5 Å². The fourth-order valence-electron chi connectivity index (χ4n) is 2.08. The number of hydrogen-bond acceptors (Lipinski definition) is 4. The summed E-state index contributed by atoms with van der Waals surface area (Å²) >= 11 is 1.20. The van der Waals surface area contributed by atoms with E-state index in [1.807, 2.05) is 32.0 Å². The zero-order valence-corrected chi connectivity index (χ0v) is 12.6. The molecular weight excluding hydrogens is 286 g/mol. The van der Waals surface area contributed by atoms with E-state index >= 15 is 0 Å². The smallest absolute Gasteiger partial charge is 0.282 e. The van der Waals surface area contributed by atoms with Gasteiger partial charge in [-0.1, -0.05) is 35.9 Å². The van der Waals surface area contributed by atoms with Crippen molar-refractivity contribution in [3.05, 3.63) is 69.3 Å². The van der Waals surface area contributed by atoms with E-state index in [9.17, 15) is 14.9 Å². The van der Waals surface area contributed by atoms with Gasteiger partial charge in [-0.25, -0.2) is 0 Å². The molecule has 0 saturated heterocycles. The molecule has 0 fully saturated rings. The number of nitro groups is 1. The van der Waals surface area contributed by atoms with Crippen LogP contribution in [0.15, 0.2) is 47.4 Å². The molecule has 0 aliphatic heterocycles. The first-order valence-electron chi connectivity index (χ1n) is 6.45. The standard InChI is InChI=1S/C16H15NO3S/c1-11-7-8-13(12(2)9-11)15(18)10-21-16-6-4-3-5-14(16)17(19)20/h3-9H,10H2,1-2H3. The summed E-state index contributed by atoms with van der Waals surface area (Å²) in [5, 5.41) is 10.9. The number of hydrogen-bond donors (Lipinski definition) is 0. The maximum Gasteiger partial charge on any atom is 0.282 e. The number of carbonyl (C=O) groups is 1. The Morgan fingerprint density at radius 1 is 1.19 bits per heavy atom. The van der Waals surface area contributed by atoms with Crippen molar-refractivity contribution in [2.75, 3.05) is 5.75 Å². The number of thioether (sulfide) groups is 1. The lowest BCUT2D eigenvalue weighted by atomic mass is 10.0. The molecule has 4 nitrogen and oxygen atoms in total. The van der Waals surface area contributed by atoms with Gasteiger partial charge in [-0.05, 0) is 25.5 Å². The fraction of sp³-hybridized carbons (Fsp3) is 0.188. The van der Waals surface area contributed by atoms with Crippen molar-refractivity contribution in [3.63, 3.8) is 0 Å². The third-order valence-corrected chi connectivity index (χ3v) is 4.17. The van der Waals surface area contributed by atoms with Gasteiger partial charge in [0.25, 0.3) is 5.69 Å². The van der Waals surface area contributed by atoms with Gasteiger partial charge in [0.2, 0.25) is 0 Å². The number of rotatable bonds is 5. The molecule has 0 aliphatic rings. The van der Waals surface area contributed by atoms with E-state index < -0.39 is 4.92 Å². The normalized spacial score (nSPS) is 10.4. The van der Waals surface area contributed by atoms with Gasteiger partial charge in [0.05, 0.1) is 15.6 Å². The summed E-state index contributed by atoms with van der Waals surface area (Å²) in [5.41, 5.74) is 2.75. The molecular formula is C16H15NO3S. The van der Waals surface area contributed by atoms with Gasteiger partial charge in [0, 0.05) is 11.6 Å². The molecule has 0 bridgehead atoms. The van der Waals surface area contributed by atoms with Crippen molar-refractivity contribution < 1.29 is 9.72 Å². The van der Waals surface area contributed by atoms with Crippen LogP contribution in [0.25, 0.3) is 0 Å². The minimum absolute atomic E-state index is 0.0179. The minimum Gasteiger partial charge on any atom is -0.293 e. The largest absolute Gasteiger partial charge is 0.293 e. The number of carbonyl (C=O) groups excluding carboxylic acids is 1. The molecule has 0 N–H and O–H groups in total. The van der Waals surface area contributed by atoms with Gasteiger partial charge in [0.1, 0.15) is 0 Å². The quantitative estimate of drug-likeness (QED) is 0.359. The average Bonchev–Trinajstić information content (AvgIpc) is 2.45. The number of Topliss-reactive ketones (excluding diaryl/α,β-unsaturated/α-hetero) is 1. The summed E-state index contributed by atoms with van der Waals surface area (Å²) in [6.45, 7) is 3.87. The maximum atomic E-state index is 12.2. The van der Waals surface area contributed by atoms with Crippen molar-refractivity contribution in [1.29, 1.82) is 0 Å². The predicted octanol–water partition coefficient (Wildman–Crippen LogP) is 4.19. The van der Waals surface area contributed by atoms with Crippen molar-refractivity contribution in [2.45, 2.75) is 18.7 Å². The third kappa shape index (κ3) is 3.70. The molecule has 5 heteroatoms. The van der Waals surface area contributed by atoms with Crippen LogP contribution in [0.4, 0.5) is 5.69 Å². The molecule has 2 aromatic rings. The van der Waals surface area contributed by atoms with Crippen LogP contribution >= 0.6 is 11.8 Å². The summed E-state index contributed by atoms with van der Waals surface area (Å²) in [5.74, 6) is 0.171. The molecule has 0 unspecified atom stereocenters. The van der Waals surface area contributed by atoms with E-state index in [1.165, 1.54) is 17.8 Å². The monoisotopic (exact) mass is 301 g/mol. The number of para-hydroxylation sites is 1. The van der Waals surface area contributed by atoms with Gasteiger partial charge in [-0.15, -0.1) is 11.8 Å². The average molecular weight is 301 g/mol. The van der Waals surface area contributed by atoms with E-state index in [4.69, 9.17) is 0 Å². The highest BCUT2D eigenvalue weighted by Crippen LogP contribution is 2.29. The Hall–Kier alpha value is -2.14. The lowest BCUT2D eigenvalue weighted by Crippen LogP contribution is -2.05. The van der Waals surface area contributed by atoms with Crippen molar-refractivity contribution in [2.24, 2.45) is 0 Å². The zero-order chi connectivity index (χ0) is 15.4. The van der Waals surface area contributed by atoms with Gasteiger partial charge < -0.3 is 0 Å². The summed E-state index contributed by atoms with van der Waals surface area (Å²) in [4.78, 5) is 23.3. The molecule has 0 radical (unpaired) electrons. The van der Waals surface area contributed by atoms with E-state index in [1.54, 1.807) is 18.2 Å². The first-order valence-corrected chi connectivity index (χ1v) is 7.44. The lowest BCUT2D eigenvalue weighted by molar-refractivity contribution is -0.387. The van der Waals surface area contributed by atoms with E-state index in [2.05, 4.69) is 0 Å². The number of ketones is 1. The van der Waals surface area contributed by atoms with Crippen LogP contribution < -0.4 is 0 Å². The summed E-state index contributed by atoms with van der Waals surface area (Å²) < 4.78 is 0. The number of nitrogens with zero attached hydrogens (tertiary/aromatic N) is 1. The first-order chi connectivity index (χ1) is 9.99. The fourth-order valence-corrected chi connectivity index (χ4v) is 2.98. The third-order valence-electron chi connectivity index (χ3n) is 3.10.